The molecule has 2 amide bonds. The average molecular weight is 346 g/mol. The molecule has 1 saturated heterocycles. The molecule has 1 heterocycles. The van der Waals surface area contributed by atoms with Gasteiger partial charge in [-0.1, -0.05) is 23.2 Å². The maximum atomic E-state index is 12.0. The van der Waals surface area contributed by atoms with Gasteiger partial charge in [-0.25, -0.2) is 4.79 Å². The van der Waals surface area contributed by atoms with E-state index in [0.29, 0.717) is 36.3 Å². The Balaban J connectivity index is 1.81. The molecule has 7 heteroatoms. The summed E-state index contributed by atoms with van der Waals surface area (Å²) >= 11 is 12.1. The van der Waals surface area contributed by atoms with Crippen LogP contribution in [0, 0.1) is 0 Å². The molecule has 0 unspecified atom stereocenters. The van der Waals surface area contributed by atoms with Crippen molar-refractivity contribution < 1.29 is 9.53 Å². The van der Waals surface area contributed by atoms with Gasteiger partial charge in [0.15, 0.2) is 0 Å². The van der Waals surface area contributed by atoms with E-state index in [1.165, 1.54) is 0 Å². The van der Waals surface area contributed by atoms with Crippen molar-refractivity contribution in [3.8, 4) is 0 Å². The van der Waals surface area contributed by atoms with E-state index in [1.54, 1.807) is 13.2 Å². The molecule has 0 aromatic heterocycles. The van der Waals surface area contributed by atoms with Crippen molar-refractivity contribution in [2.75, 3.05) is 51.3 Å². The highest BCUT2D eigenvalue weighted by molar-refractivity contribution is 6.36. The maximum Gasteiger partial charge on any atom is 0.317 e. The number of halogens is 2. The van der Waals surface area contributed by atoms with E-state index in [9.17, 15) is 4.79 Å². The van der Waals surface area contributed by atoms with Gasteiger partial charge in [-0.05, 0) is 24.6 Å². The molecule has 1 aliphatic heterocycles. The number of rotatable bonds is 5. The molecule has 0 atom stereocenters. The number of hydrogen-bond acceptors (Lipinski definition) is 3. The van der Waals surface area contributed by atoms with Crippen LogP contribution in [0.4, 0.5) is 10.5 Å². The summed E-state index contributed by atoms with van der Waals surface area (Å²) < 4.78 is 4.96. The molecule has 122 valence electrons. The summed E-state index contributed by atoms with van der Waals surface area (Å²) in [6.45, 7) is 4.16. The van der Waals surface area contributed by atoms with Crippen LogP contribution in [0.2, 0.25) is 10.0 Å². The lowest BCUT2D eigenvalue weighted by atomic mass is 10.2. The lowest BCUT2D eigenvalue weighted by Gasteiger charge is -2.36. The summed E-state index contributed by atoms with van der Waals surface area (Å²) in [5, 5.41) is 4.18. The Morgan fingerprint density at radius 1 is 1.27 bits per heavy atom. The number of piperazine rings is 1. The molecule has 0 saturated carbocycles. The molecule has 0 spiro atoms. The molecule has 1 fully saturated rings. The standard InChI is InChI=1S/C15H21Cl2N3O2/c1-22-10-2-5-18-15(21)20-8-6-19(7-9-20)14-4-3-12(16)11-13(14)17/h3-4,11H,2,5-10H2,1H3,(H,18,21). The SMILES string of the molecule is COCCCNC(=O)N1CCN(c2ccc(Cl)cc2Cl)CC1. The number of methoxy groups -OCH3 is 1. The number of nitrogens with zero attached hydrogens (tertiary/aromatic N) is 2. The molecule has 2 rings (SSSR count). The van der Waals surface area contributed by atoms with Crippen molar-refractivity contribution in [3.05, 3.63) is 28.2 Å². The number of urea groups is 1. The number of nitrogens with one attached hydrogen (secondary N) is 1. The monoisotopic (exact) mass is 345 g/mol. The molecule has 22 heavy (non-hydrogen) atoms. The summed E-state index contributed by atoms with van der Waals surface area (Å²) in [6, 6.07) is 5.48. The number of anilines is 1. The van der Waals surface area contributed by atoms with Crippen LogP contribution in [0.5, 0.6) is 0 Å². The normalized spacial score (nSPS) is 15.0. The van der Waals surface area contributed by atoms with E-state index in [-0.39, 0.29) is 6.03 Å². The van der Waals surface area contributed by atoms with Gasteiger partial charge in [-0.2, -0.15) is 0 Å². The highest BCUT2D eigenvalue weighted by Crippen LogP contribution is 2.29. The molecule has 0 aliphatic carbocycles. The summed E-state index contributed by atoms with van der Waals surface area (Å²) in [7, 11) is 1.66. The first-order valence-corrected chi connectivity index (χ1v) is 8.09. The van der Waals surface area contributed by atoms with Crippen molar-refractivity contribution in [2.45, 2.75) is 6.42 Å². The Bertz CT molecular complexity index is 506. The number of amides is 2. The third-order valence-electron chi connectivity index (χ3n) is 3.62. The first-order chi connectivity index (χ1) is 10.6. The van der Waals surface area contributed by atoms with Crippen molar-refractivity contribution >= 4 is 34.9 Å². The molecule has 1 N–H and O–H groups in total. The molecular formula is C15H21Cl2N3O2. The fraction of sp³-hybridized carbons (Fsp3) is 0.533. The lowest BCUT2D eigenvalue weighted by Crippen LogP contribution is -2.52. The van der Waals surface area contributed by atoms with Crippen LogP contribution in [0.1, 0.15) is 6.42 Å². The second-order valence-corrected chi connectivity index (χ2v) is 5.99. The van der Waals surface area contributed by atoms with Crippen LogP contribution < -0.4 is 10.2 Å². The van der Waals surface area contributed by atoms with Crippen LogP contribution in [0.15, 0.2) is 18.2 Å². The van der Waals surface area contributed by atoms with Gasteiger partial charge < -0.3 is 19.9 Å². The van der Waals surface area contributed by atoms with Gasteiger partial charge in [0.05, 0.1) is 10.7 Å². The van der Waals surface area contributed by atoms with E-state index in [2.05, 4.69) is 10.2 Å². The van der Waals surface area contributed by atoms with Crippen molar-refractivity contribution in [3.63, 3.8) is 0 Å². The number of ether oxygens (including phenoxy) is 1. The summed E-state index contributed by atoms with van der Waals surface area (Å²) in [5.41, 5.74) is 0.964. The zero-order valence-corrected chi connectivity index (χ0v) is 14.2. The number of carbonyl (C=O) groups is 1. The minimum absolute atomic E-state index is 0.0158. The number of hydrogen-bond donors (Lipinski definition) is 1. The van der Waals surface area contributed by atoms with E-state index < -0.39 is 0 Å². The fourth-order valence-corrected chi connectivity index (χ4v) is 2.94. The molecule has 1 aliphatic rings. The zero-order valence-electron chi connectivity index (χ0n) is 12.6. The van der Waals surface area contributed by atoms with Crippen LogP contribution in [-0.2, 0) is 4.74 Å². The summed E-state index contributed by atoms with van der Waals surface area (Å²) in [6.07, 6.45) is 0.822. The Hall–Kier alpha value is -1.17. The van der Waals surface area contributed by atoms with Gasteiger partial charge in [-0.3, -0.25) is 0 Å². The van der Waals surface area contributed by atoms with E-state index >= 15 is 0 Å². The molecule has 1 aromatic carbocycles. The van der Waals surface area contributed by atoms with Crippen molar-refractivity contribution in [2.24, 2.45) is 0 Å². The first kappa shape index (κ1) is 17.2. The maximum absolute atomic E-state index is 12.0. The second-order valence-electron chi connectivity index (χ2n) is 5.15. The number of carbonyl (C=O) groups excluding carboxylic acids is 1. The van der Waals surface area contributed by atoms with E-state index in [1.807, 2.05) is 17.0 Å². The topological polar surface area (TPSA) is 44.8 Å². The molecule has 0 bridgehead atoms. The van der Waals surface area contributed by atoms with Crippen molar-refractivity contribution in [1.29, 1.82) is 0 Å². The Morgan fingerprint density at radius 2 is 2.00 bits per heavy atom. The highest BCUT2D eigenvalue weighted by atomic mass is 35.5. The van der Waals surface area contributed by atoms with Gasteiger partial charge in [0, 0.05) is 51.5 Å². The molecule has 1 aromatic rings. The predicted octanol–water partition coefficient (Wildman–Crippen LogP) is 2.86. The van der Waals surface area contributed by atoms with E-state index in [0.717, 1.165) is 25.2 Å². The van der Waals surface area contributed by atoms with Gasteiger partial charge in [0.1, 0.15) is 0 Å². The third-order valence-corrected chi connectivity index (χ3v) is 4.16. The highest BCUT2D eigenvalue weighted by Gasteiger charge is 2.22. The van der Waals surface area contributed by atoms with Gasteiger partial charge in [0.25, 0.3) is 0 Å². The quantitative estimate of drug-likeness (QED) is 0.834. The van der Waals surface area contributed by atoms with Gasteiger partial charge in [0.2, 0.25) is 0 Å². The van der Waals surface area contributed by atoms with Crippen LogP contribution >= 0.6 is 23.2 Å². The fourth-order valence-electron chi connectivity index (χ4n) is 2.41. The Labute approximate surface area is 141 Å². The number of benzene rings is 1. The van der Waals surface area contributed by atoms with E-state index in [4.69, 9.17) is 27.9 Å². The van der Waals surface area contributed by atoms with Gasteiger partial charge in [-0.15, -0.1) is 0 Å². The minimum atomic E-state index is -0.0158. The second kappa shape index (κ2) is 8.46. The predicted molar refractivity (Wildman–Crippen MR) is 90.1 cm³/mol. The summed E-state index contributed by atoms with van der Waals surface area (Å²) in [5.74, 6) is 0. The van der Waals surface area contributed by atoms with Crippen LogP contribution in [-0.4, -0.2) is 57.4 Å². The Kier molecular flexibility index (Phi) is 6.61. The van der Waals surface area contributed by atoms with Crippen LogP contribution in [0.25, 0.3) is 0 Å². The molecular weight excluding hydrogens is 325 g/mol. The van der Waals surface area contributed by atoms with Crippen molar-refractivity contribution in [1.82, 2.24) is 10.2 Å². The van der Waals surface area contributed by atoms with Gasteiger partial charge >= 0.3 is 6.03 Å². The smallest absolute Gasteiger partial charge is 0.317 e. The average Bonchev–Trinajstić information content (AvgIpc) is 2.52. The molecule has 0 radical (unpaired) electrons. The first-order valence-electron chi connectivity index (χ1n) is 7.33. The lowest BCUT2D eigenvalue weighted by molar-refractivity contribution is 0.183. The molecule has 5 nitrogen and oxygen atoms in total. The largest absolute Gasteiger partial charge is 0.385 e. The third kappa shape index (κ3) is 4.66. The summed E-state index contributed by atoms with van der Waals surface area (Å²) in [4.78, 5) is 16.0. The zero-order chi connectivity index (χ0) is 15.9. The minimum Gasteiger partial charge on any atom is -0.385 e. The Morgan fingerprint density at radius 3 is 2.64 bits per heavy atom. The van der Waals surface area contributed by atoms with Crippen LogP contribution in [0.3, 0.4) is 0 Å².